The van der Waals surface area contributed by atoms with E-state index in [4.69, 9.17) is 0 Å². The van der Waals surface area contributed by atoms with Gasteiger partial charge in [-0.1, -0.05) is 13.8 Å². The van der Waals surface area contributed by atoms with Crippen molar-refractivity contribution in [1.29, 1.82) is 0 Å². The Labute approximate surface area is 105 Å². The minimum Gasteiger partial charge on any atom is -0.317 e. The van der Waals surface area contributed by atoms with E-state index >= 15 is 0 Å². The summed E-state index contributed by atoms with van der Waals surface area (Å²) in [6.07, 6.45) is 1.16. The first-order valence-corrected chi connectivity index (χ1v) is 7.12. The fraction of sp³-hybridized carbons (Fsp3) is 0.667. The lowest BCUT2D eigenvalue weighted by molar-refractivity contribution is 0.301. The summed E-state index contributed by atoms with van der Waals surface area (Å²) in [5.41, 5.74) is 0. The van der Waals surface area contributed by atoms with Crippen LogP contribution in [0.15, 0.2) is 15.9 Å². The second-order valence-corrected chi connectivity index (χ2v) is 6.24. The highest BCUT2D eigenvalue weighted by Crippen LogP contribution is 2.29. The predicted molar refractivity (Wildman–Crippen MR) is 72.6 cm³/mol. The summed E-state index contributed by atoms with van der Waals surface area (Å²) < 4.78 is 1.27. The van der Waals surface area contributed by atoms with E-state index in [1.54, 1.807) is 0 Å². The van der Waals surface area contributed by atoms with Crippen molar-refractivity contribution < 1.29 is 0 Å². The Balaban J connectivity index is 2.71. The Hall–Kier alpha value is 0.140. The van der Waals surface area contributed by atoms with Gasteiger partial charge in [-0.2, -0.15) is 0 Å². The zero-order valence-corrected chi connectivity index (χ0v) is 12.3. The summed E-state index contributed by atoms with van der Waals surface area (Å²) in [6.45, 7) is 6.88. The molecule has 1 nitrogen and oxygen atoms in total. The van der Waals surface area contributed by atoms with Crippen LogP contribution in [0, 0.1) is 11.8 Å². The average molecular weight is 290 g/mol. The Morgan fingerprint density at radius 3 is 2.47 bits per heavy atom. The lowest BCUT2D eigenvalue weighted by atomic mass is 9.86. The van der Waals surface area contributed by atoms with E-state index in [0.29, 0.717) is 17.9 Å². The fourth-order valence-electron chi connectivity index (χ4n) is 1.89. The molecule has 0 aliphatic heterocycles. The highest BCUT2D eigenvalue weighted by molar-refractivity contribution is 9.10. The summed E-state index contributed by atoms with van der Waals surface area (Å²) in [5, 5.41) is 5.52. The first kappa shape index (κ1) is 13.2. The minimum atomic E-state index is 0.569. The molecule has 1 heterocycles. The molecule has 0 bridgehead atoms. The molecule has 0 saturated heterocycles. The molecule has 1 aromatic heterocycles. The molecule has 15 heavy (non-hydrogen) atoms. The van der Waals surface area contributed by atoms with E-state index in [1.807, 2.05) is 18.4 Å². The second-order valence-electron chi connectivity index (χ2n) is 4.38. The van der Waals surface area contributed by atoms with Crippen molar-refractivity contribution in [2.45, 2.75) is 33.2 Å². The molecular weight excluding hydrogens is 270 g/mol. The molecule has 0 spiro atoms. The van der Waals surface area contributed by atoms with Gasteiger partial charge in [-0.25, -0.2) is 0 Å². The summed E-state index contributed by atoms with van der Waals surface area (Å²) in [4.78, 5) is 1.47. The van der Waals surface area contributed by atoms with Crippen LogP contribution in [0.3, 0.4) is 0 Å². The maximum Gasteiger partial charge on any atom is 0.0314 e. The largest absolute Gasteiger partial charge is 0.317 e. The zero-order chi connectivity index (χ0) is 11.4. The van der Waals surface area contributed by atoms with E-state index in [0.717, 1.165) is 6.42 Å². The van der Waals surface area contributed by atoms with E-state index in [1.165, 1.54) is 9.35 Å². The second kappa shape index (κ2) is 6.02. The number of nitrogens with one attached hydrogen (secondary N) is 1. The molecular formula is C12H20BrNS. The van der Waals surface area contributed by atoms with Crippen LogP contribution >= 0.6 is 27.3 Å². The van der Waals surface area contributed by atoms with E-state index in [9.17, 15) is 0 Å². The highest BCUT2D eigenvalue weighted by Gasteiger charge is 2.21. The summed E-state index contributed by atoms with van der Waals surface area (Å²) in [6, 6.07) is 2.71. The van der Waals surface area contributed by atoms with Crippen molar-refractivity contribution in [3.8, 4) is 0 Å². The van der Waals surface area contributed by atoms with E-state index < -0.39 is 0 Å². The average Bonchev–Trinajstić information content (AvgIpc) is 2.59. The van der Waals surface area contributed by atoms with Gasteiger partial charge in [0.15, 0.2) is 0 Å². The molecule has 0 radical (unpaired) electrons. The minimum absolute atomic E-state index is 0.569. The first-order valence-electron chi connectivity index (χ1n) is 5.45. The molecule has 1 N–H and O–H groups in total. The first-order chi connectivity index (χ1) is 7.06. The van der Waals surface area contributed by atoms with Crippen molar-refractivity contribution >= 4 is 27.3 Å². The monoisotopic (exact) mass is 289 g/mol. The van der Waals surface area contributed by atoms with Crippen LogP contribution in [0.5, 0.6) is 0 Å². The number of hydrogen-bond donors (Lipinski definition) is 1. The summed E-state index contributed by atoms with van der Waals surface area (Å²) in [5.74, 6) is 1.41. The molecule has 1 rings (SSSR count). The van der Waals surface area contributed by atoms with Gasteiger partial charge in [0.25, 0.3) is 0 Å². The molecule has 2 atom stereocenters. The molecule has 1 aromatic rings. The van der Waals surface area contributed by atoms with E-state index in [2.05, 4.69) is 53.5 Å². The molecule has 0 amide bonds. The third kappa shape index (κ3) is 3.58. The van der Waals surface area contributed by atoms with E-state index in [-0.39, 0.29) is 0 Å². The number of hydrogen-bond acceptors (Lipinski definition) is 2. The molecule has 0 saturated carbocycles. The number of rotatable bonds is 5. The van der Waals surface area contributed by atoms with Gasteiger partial charge in [0.1, 0.15) is 0 Å². The van der Waals surface area contributed by atoms with Crippen molar-refractivity contribution in [1.82, 2.24) is 5.32 Å². The van der Waals surface area contributed by atoms with Gasteiger partial charge in [-0.15, -0.1) is 11.3 Å². The topological polar surface area (TPSA) is 12.0 Å². The van der Waals surface area contributed by atoms with Gasteiger partial charge in [0, 0.05) is 15.4 Å². The summed E-state index contributed by atoms with van der Waals surface area (Å²) in [7, 11) is 2.05. The Bertz CT molecular complexity index is 296. The number of halogens is 1. The molecule has 0 aliphatic rings. The number of thiophene rings is 1. The lowest BCUT2D eigenvalue weighted by Gasteiger charge is -2.27. The van der Waals surface area contributed by atoms with Gasteiger partial charge in [0.05, 0.1) is 0 Å². The quantitative estimate of drug-likeness (QED) is 0.866. The Kier molecular flexibility index (Phi) is 5.30. The lowest BCUT2D eigenvalue weighted by Crippen LogP contribution is -2.34. The Morgan fingerprint density at radius 1 is 1.40 bits per heavy atom. The molecule has 0 fully saturated rings. The van der Waals surface area contributed by atoms with Crippen LogP contribution in [-0.2, 0) is 6.42 Å². The molecule has 2 unspecified atom stereocenters. The smallest absolute Gasteiger partial charge is 0.0314 e. The van der Waals surface area contributed by atoms with Gasteiger partial charge >= 0.3 is 0 Å². The molecule has 0 aromatic carbocycles. The van der Waals surface area contributed by atoms with Gasteiger partial charge < -0.3 is 5.32 Å². The van der Waals surface area contributed by atoms with Crippen LogP contribution < -0.4 is 5.32 Å². The van der Waals surface area contributed by atoms with Crippen LogP contribution in [0.25, 0.3) is 0 Å². The Morgan fingerprint density at radius 2 is 2.07 bits per heavy atom. The molecule has 3 heteroatoms. The summed E-state index contributed by atoms with van der Waals surface area (Å²) >= 11 is 5.45. The van der Waals surface area contributed by atoms with Crippen LogP contribution in [0.2, 0.25) is 0 Å². The molecule has 86 valence electrons. The van der Waals surface area contributed by atoms with Gasteiger partial charge in [0.2, 0.25) is 0 Å². The third-order valence-electron chi connectivity index (χ3n) is 3.07. The maximum absolute atomic E-state index is 3.60. The maximum atomic E-state index is 3.60. The van der Waals surface area contributed by atoms with Crippen molar-refractivity contribution in [2.75, 3.05) is 7.05 Å². The standard InChI is InChI=1S/C12H20BrNS/c1-8(2)10(9(3)14-4)7-12-11(13)5-6-15-12/h5-6,8-10,14H,7H2,1-4H3. The van der Waals surface area contributed by atoms with Crippen molar-refractivity contribution in [3.63, 3.8) is 0 Å². The zero-order valence-electron chi connectivity index (χ0n) is 9.88. The molecule has 0 aliphatic carbocycles. The van der Waals surface area contributed by atoms with Gasteiger partial charge in [-0.05, 0) is 59.6 Å². The predicted octanol–water partition coefficient (Wildman–Crippen LogP) is 3.93. The third-order valence-corrected chi connectivity index (χ3v) is 5.01. The van der Waals surface area contributed by atoms with Crippen LogP contribution in [-0.4, -0.2) is 13.1 Å². The SMILES string of the molecule is CNC(C)C(Cc1sccc1Br)C(C)C. The van der Waals surface area contributed by atoms with Crippen molar-refractivity contribution in [2.24, 2.45) is 11.8 Å². The highest BCUT2D eigenvalue weighted by atomic mass is 79.9. The van der Waals surface area contributed by atoms with Crippen molar-refractivity contribution in [3.05, 3.63) is 20.8 Å². The normalized spacial score (nSPS) is 15.6. The fourth-order valence-corrected chi connectivity index (χ4v) is 3.48. The van der Waals surface area contributed by atoms with Gasteiger partial charge in [-0.3, -0.25) is 0 Å². The van der Waals surface area contributed by atoms with Crippen LogP contribution in [0.4, 0.5) is 0 Å². The van der Waals surface area contributed by atoms with Crippen LogP contribution in [0.1, 0.15) is 25.6 Å².